The van der Waals surface area contributed by atoms with Crippen molar-refractivity contribution in [1.29, 1.82) is 0 Å². The van der Waals surface area contributed by atoms with E-state index in [0.29, 0.717) is 5.41 Å². The molecular weight excluding hydrogens is 363 g/mol. The summed E-state index contributed by atoms with van der Waals surface area (Å²) in [4.78, 5) is 11.1. The van der Waals surface area contributed by atoms with Crippen LogP contribution in [0.3, 0.4) is 0 Å². The minimum absolute atomic E-state index is 0.0660. The van der Waals surface area contributed by atoms with E-state index in [2.05, 4.69) is 34.6 Å². The fraction of sp³-hybridized carbons (Fsp3) is 0.962. The zero-order chi connectivity index (χ0) is 22.2. The molecule has 0 bridgehead atoms. The van der Waals surface area contributed by atoms with Gasteiger partial charge >= 0.3 is 5.97 Å². The summed E-state index contributed by atoms with van der Waals surface area (Å²) in [5, 5.41) is 0. The first-order valence-electron chi connectivity index (χ1n) is 12.3. The van der Waals surface area contributed by atoms with Gasteiger partial charge in [0.15, 0.2) is 0 Å². The van der Waals surface area contributed by atoms with E-state index in [0.717, 1.165) is 42.4 Å². The van der Waals surface area contributed by atoms with Gasteiger partial charge in [0, 0.05) is 0 Å². The number of carbonyl (C=O) groups is 1. The van der Waals surface area contributed by atoms with Crippen molar-refractivity contribution in [2.45, 2.75) is 113 Å². The number of hydrogen-bond donors (Lipinski definition) is 0. The second kappa shape index (κ2) is 12.3. The van der Waals surface area contributed by atoms with Gasteiger partial charge in [0.05, 0.1) is 5.92 Å². The monoisotopic (exact) mass is 412 g/mol. The SMILES string of the molecule is CC1CCC(C2CCC(C)(C)C(C)C2C)CC1.CCC(CC)C(=O)OCC(C)F. The third-order valence-corrected chi connectivity index (χ3v) is 8.26. The summed E-state index contributed by atoms with van der Waals surface area (Å²) in [5.41, 5.74) is 0.581. The zero-order valence-electron chi connectivity index (χ0n) is 20.6. The third kappa shape index (κ3) is 8.21. The van der Waals surface area contributed by atoms with Gasteiger partial charge in [-0.2, -0.15) is 0 Å². The van der Waals surface area contributed by atoms with Gasteiger partial charge in [-0.1, -0.05) is 61.3 Å². The second-order valence-corrected chi connectivity index (χ2v) is 10.8. The van der Waals surface area contributed by atoms with Gasteiger partial charge in [-0.3, -0.25) is 4.79 Å². The van der Waals surface area contributed by atoms with E-state index in [1.54, 1.807) is 0 Å². The number of rotatable bonds is 6. The molecule has 0 saturated heterocycles. The normalized spacial score (nSPS) is 32.8. The van der Waals surface area contributed by atoms with Gasteiger partial charge in [0.2, 0.25) is 0 Å². The highest BCUT2D eigenvalue weighted by atomic mass is 19.1. The Morgan fingerprint density at radius 2 is 1.59 bits per heavy atom. The molecule has 0 amide bonds. The highest BCUT2D eigenvalue weighted by Crippen LogP contribution is 2.51. The molecule has 0 N–H and O–H groups in total. The lowest BCUT2D eigenvalue weighted by molar-refractivity contribution is -0.150. The molecule has 2 aliphatic carbocycles. The molecule has 2 rings (SSSR count). The van der Waals surface area contributed by atoms with Crippen LogP contribution in [0.2, 0.25) is 0 Å². The van der Waals surface area contributed by atoms with E-state index in [9.17, 15) is 9.18 Å². The molecule has 0 aromatic carbocycles. The molecule has 0 aromatic rings. The molecule has 3 heteroatoms. The van der Waals surface area contributed by atoms with E-state index in [1.807, 2.05) is 13.8 Å². The molecule has 2 saturated carbocycles. The van der Waals surface area contributed by atoms with Crippen LogP contribution in [-0.4, -0.2) is 18.7 Å². The zero-order valence-corrected chi connectivity index (χ0v) is 20.6. The first-order chi connectivity index (χ1) is 13.5. The van der Waals surface area contributed by atoms with Crippen molar-refractivity contribution in [1.82, 2.24) is 0 Å². The van der Waals surface area contributed by atoms with E-state index in [-0.39, 0.29) is 18.5 Å². The quantitative estimate of drug-likeness (QED) is 0.415. The Morgan fingerprint density at radius 1 is 1.03 bits per heavy atom. The van der Waals surface area contributed by atoms with Crippen LogP contribution in [0.1, 0.15) is 107 Å². The summed E-state index contributed by atoms with van der Waals surface area (Å²) in [6.45, 7) is 17.5. The lowest BCUT2D eigenvalue weighted by atomic mass is 9.57. The molecule has 0 aromatic heterocycles. The Kier molecular flexibility index (Phi) is 11.2. The lowest BCUT2D eigenvalue weighted by Crippen LogP contribution is -2.40. The molecule has 0 radical (unpaired) electrons. The maximum absolute atomic E-state index is 12.3. The Hall–Kier alpha value is -0.600. The van der Waals surface area contributed by atoms with Crippen molar-refractivity contribution in [2.24, 2.45) is 40.9 Å². The van der Waals surface area contributed by atoms with Crippen LogP contribution >= 0.6 is 0 Å². The topological polar surface area (TPSA) is 26.3 Å². The number of ether oxygens (including phenoxy) is 1. The molecule has 4 unspecified atom stereocenters. The lowest BCUT2D eigenvalue weighted by Gasteiger charge is -2.49. The van der Waals surface area contributed by atoms with Crippen LogP contribution in [0, 0.1) is 40.9 Å². The smallest absolute Gasteiger partial charge is 0.309 e. The summed E-state index contributed by atoms with van der Waals surface area (Å²) in [6.07, 6.45) is 9.42. The first kappa shape index (κ1) is 26.4. The molecule has 172 valence electrons. The predicted octanol–water partition coefficient (Wildman–Crippen LogP) is 7.84. The first-order valence-corrected chi connectivity index (χ1v) is 12.3. The Bertz CT molecular complexity index is 461. The van der Waals surface area contributed by atoms with Crippen LogP contribution in [0.25, 0.3) is 0 Å². The summed E-state index contributed by atoms with van der Waals surface area (Å²) in [6, 6.07) is 0. The van der Waals surface area contributed by atoms with E-state index in [4.69, 9.17) is 4.74 Å². The maximum atomic E-state index is 12.3. The van der Waals surface area contributed by atoms with Crippen molar-refractivity contribution in [3.8, 4) is 0 Å². The summed E-state index contributed by atoms with van der Waals surface area (Å²) in [7, 11) is 0. The third-order valence-electron chi connectivity index (χ3n) is 8.26. The molecule has 2 aliphatic rings. The molecule has 2 fully saturated rings. The highest BCUT2D eigenvalue weighted by Gasteiger charge is 2.42. The van der Waals surface area contributed by atoms with Gasteiger partial charge in [0.25, 0.3) is 0 Å². The molecule has 0 spiro atoms. The summed E-state index contributed by atoms with van der Waals surface area (Å²) in [5.74, 6) is 4.59. The standard InChI is InChI=1S/C17H32.C9H17FO2/c1-12-6-8-15(9-7-12)16-10-11-17(4,5)14(3)13(16)2;1-4-8(5-2)9(11)12-6-7(3)10/h12-16H,6-11H2,1-5H3;7-8H,4-6H2,1-3H3. The van der Waals surface area contributed by atoms with E-state index >= 15 is 0 Å². The van der Waals surface area contributed by atoms with E-state index < -0.39 is 6.17 Å². The van der Waals surface area contributed by atoms with Crippen molar-refractivity contribution in [3.05, 3.63) is 0 Å². The van der Waals surface area contributed by atoms with Gasteiger partial charge in [-0.15, -0.1) is 0 Å². The van der Waals surface area contributed by atoms with Crippen molar-refractivity contribution < 1.29 is 13.9 Å². The predicted molar refractivity (Wildman–Crippen MR) is 122 cm³/mol. The van der Waals surface area contributed by atoms with Gasteiger partial charge in [-0.05, 0) is 80.5 Å². The summed E-state index contributed by atoms with van der Waals surface area (Å²) >= 11 is 0. The van der Waals surface area contributed by atoms with E-state index in [1.165, 1.54) is 45.4 Å². The van der Waals surface area contributed by atoms with Gasteiger partial charge in [0.1, 0.15) is 12.8 Å². The minimum Gasteiger partial charge on any atom is -0.462 e. The average molecular weight is 413 g/mol. The maximum Gasteiger partial charge on any atom is 0.309 e. The number of carbonyl (C=O) groups excluding carboxylic acids is 1. The van der Waals surface area contributed by atoms with Gasteiger partial charge in [-0.25, -0.2) is 4.39 Å². The van der Waals surface area contributed by atoms with Crippen molar-refractivity contribution >= 4 is 5.97 Å². The van der Waals surface area contributed by atoms with Crippen molar-refractivity contribution in [3.63, 3.8) is 0 Å². The number of esters is 1. The summed E-state index contributed by atoms with van der Waals surface area (Å²) < 4.78 is 17.0. The van der Waals surface area contributed by atoms with Gasteiger partial charge < -0.3 is 4.74 Å². The molecular formula is C26H49FO2. The largest absolute Gasteiger partial charge is 0.462 e. The highest BCUT2D eigenvalue weighted by molar-refractivity contribution is 5.72. The fourth-order valence-electron chi connectivity index (χ4n) is 5.43. The van der Waals surface area contributed by atoms with Crippen LogP contribution in [0.5, 0.6) is 0 Å². The minimum atomic E-state index is -1.07. The number of alkyl halides is 1. The fourth-order valence-corrected chi connectivity index (χ4v) is 5.43. The van der Waals surface area contributed by atoms with Crippen LogP contribution < -0.4 is 0 Å². The molecule has 2 nitrogen and oxygen atoms in total. The molecule has 4 atom stereocenters. The van der Waals surface area contributed by atoms with Crippen LogP contribution in [0.4, 0.5) is 4.39 Å². The molecule has 29 heavy (non-hydrogen) atoms. The Morgan fingerprint density at radius 3 is 2.07 bits per heavy atom. The Balaban J connectivity index is 0.000000311. The number of halogens is 1. The van der Waals surface area contributed by atoms with Crippen LogP contribution in [0.15, 0.2) is 0 Å². The average Bonchev–Trinajstić information content (AvgIpc) is 2.67. The number of hydrogen-bond acceptors (Lipinski definition) is 2. The van der Waals surface area contributed by atoms with Crippen molar-refractivity contribution in [2.75, 3.05) is 6.61 Å². The molecule has 0 heterocycles. The second-order valence-electron chi connectivity index (χ2n) is 10.8. The van der Waals surface area contributed by atoms with Crippen LogP contribution in [-0.2, 0) is 9.53 Å². The molecule has 0 aliphatic heterocycles. The Labute approximate surface area is 180 Å².